The molecule has 1 N–H and O–H groups in total. The van der Waals surface area contributed by atoms with Crippen LogP contribution in [0.25, 0.3) is 6.08 Å². The first kappa shape index (κ1) is 22.3. The SMILES string of the molecule is CC(C)(Nc1ccccc1)c1nnnn1C(C=Cc1ccc(Cl)cc1Cl)C(C)(C)C. The maximum absolute atomic E-state index is 6.35. The lowest BCUT2D eigenvalue weighted by Crippen LogP contribution is -2.35. The second-order valence-electron chi connectivity index (χ2n) is 8.90. The summed E-state index contributed by atoms with van der Waals surface area (Å²) in [6, 6.07) is 15.4. The molecular weight excluding hydrogens is 417 g/mol. The third-order valence-electron chi connectivity index (χ3n) is 4.85. The van der Waals surface area contributed by atoms with Crippen molar-refractivity contribution in [3.05, 3.63) is 76.0 Å². The van der Waals surface area contributed by atoms with Gasteiger partial charge in [-0.15, -0.1) is 5.10 Å². The van der Waals surface area contributed by atoms with Crippen molar-refractivity contribution in [2.24, 2.45) is 5.41 Å². The average Bonchev–Trinajstić information content (AvgIpc) is 3.13. The highest BCUT2D eigenvalue weighted by molar-refractivity contribution is 6.35. The third kappa shape index (κ3) is 5.21. The lowest BCUT2D eigenvalue weighted by molar-refractivity contribution is 0.258. The van der Waals surface area contributed by atoms with Crippen molar-refractivity contribution in [2.45, 2.75) is 46.2 Å². The van der Waals surface area contributed by atoms with E-state index in [4.69, 9.17) is 23.2 Å². The zero-order valence-corrected chi connectivity index (χ0v) is 19.4. The lowest BCUT2D eigenvalue weighted by Gasteiger charge is -2.33. The van der Waals surface area contributed by atoms with Crippen molar-refractivity contribution in [1.29, 1.82) is 0 Å². The molecule has 0 fully saturated rings. The van der Waals surface area contributed by atoms with Gasteiger partial charge in [-0.25, -0.2) is 4.68 Å². The number of para-hydroxylation sites is 1. The maximum atomic E-state index is 6.35. The highest BCUT2D eigenvalue weighted by Gasteiger charge is 2.34. The molecule has 2 aromatic carbocycles. The molecule has 5 nitrogen and oxygen atoms in total. The highest BCUT2D eigenvalue weighted by Crippen LogP contribution is 2.35. The fourth-order valence-electron chi connectivity index (χ4n) is 3.30. The molecule has 0 aliphatic rings. The molecule has 7 heteroatoms. The van der Waals surface area contributed by atoms with E-state index in [0.717, 1.165) is 17.1 Å². The first-order chi connectivity index (χ1) is 14.1. The molecule has 0 saturated carbocycles. The van der Waals surface area contributed by atoms with E-state index >= 15 is 0 Å². The summed E-state index contributed by atoms with van der Waals surface area (Å²) in [7, 11) is 0. The first-order valence-electron chi connectivity index (χ1n) is 9.83. The zero-order chi connectivity index (χ0) is 21.9. The number of benzene rings is 2. The first-order valence-corrected chi connectivity index (χ1v) is 10.6. The summed E-state index contributed by atoms with van der Waals surface area (Å²) in [5.41, 5.74) is 1.28. The zero-order valence-electron chi connectivity index (χ0n) is 17.9. The minimum Gasteiger partial charge on any atom is -0.373 e. The van der Waals surface area contributed by atoms with Crippen LogP contribution < -0.4 is 5.32 Å². The summed E-state index contributed by atoms with van der Waals surface area (Å²) in [4.78, 5) is 0. The van der Waals surface area contributed by atoms with Crippen LogP contribution in [-0.2, 0) is 5.54 Å². The van der Waals surface area contributed by atoms with Crippen LogP contribution >= 0.6 is 23.2 Å². The van der Waals surface area contributed by atoms with Crippen LogP contribution in [0.5, 0.6) is 0 Å². The number of allylic oxidation sites excluding steroid dienone is 1. The van der Waals surface area contributed by atoms with Crippen molar-refractivity contribution in [1.82, 2.24) is 20.2 Å². The summed E-state index contributed by atoms with van der Waals surface area (Å²) >= 11 is 12.4. The normalized spacial score (nSPS) is 13.6. The van der Waals surface area contributed by atoms with Gasteiger partial charge in [0.1, 0.15) is 0 Å². The Morgan fingerprint density at radius 3 is 2.33 bits per heavy atom. The molecule has 1 unspecified atom stereocenters. The Bertz CT molecular complexity index is 1020. The van der Waals surface area contributed by atoms with Crippen molar-refractivity contribution in [3.63, 3.8) is 0 Å². The minimum absolute atomic E-state index is 0.0916. The third-order valence-corrected chi connectivity index (χ3v) is 5.42. The molecule has 0 radical (unpaired) electrons. The molecule has 0 amide bonds. The van der Waals surface area contributed by atoms with E-state index in [1.165, 1.54) is 0 Å². The second-order valence-corrected chi connectivity index (χ2v) is 9.74. The maximum Gasteiger partial charge on any atom is 0.176 e. The van der Waals surface area contributed by atoms with Crippen LogP contribution in [0, 0.1) is 5.41 Å². The standard InChI is InChI=1S/C23H27Cl2N5/c1-22(2,3)20(14-12-16-11-13-17(24)15-19(16)25)30-21(27-28-29-30)23(4,5)26-18-9-7-6-8-10-18/h6-15,20,26H,1-5H3. The molecule has 1 aromatic heterocycles. The minimum atomic E-state index is -0.486. The van der Waals surface area contributed by atoms with E-state index in [0.29, 0.717) is 10.0 Å². The summed E-state index contributed by atoms with van der Waals surface area (Å²) < 4.78 is 1.89. The number of aromatic nitrogens is 4. The number of hydrogen-bond acceptors (Lipinski definition) is 4. The molecule has 1 heterocycles. The van der Waals surface area contributed by atoms with E-state index in [1.807, 2.05) is 53.2 Å². The summed E-state index contributed by atoms with van der Waals surface area (Å²) in [5.74, 6) is 0.748. The molecule has 30 heavy (non-hydrogen) atoms. The van der Waals surface area contributed by atoms with E-state index in [-0.39, 0.29) is 11.5 Å². The fourth-order valence-corrected chi connectivity index (χ4v) is 3.77. The number of halogens is 2. The molecule has 0 saturated heterocycles. The van der Waals surface area contributed by atoms with Crippen LogP contribution in [0.15, 0.2) is 54.6 Å². The van der Waals surface area contributed by atoms with E-state index in [1.54, 1.807) is 6.07 Å². The summed E-state index contributed by atoms with van der Waals surface area (Å²) in [5, 5.41) is 17.5. The Labute approximate surface area is 188 Å². The van der Waals surface area contributed by atoms with Crippen molar-refractivity contribution < 1.29 is 0 Å². The fraction of sp³-hybridized carbons (Fsp3) is 0.348. The van der Waals surface area contributed by atoms with Gasteiger partial charge in [0.15, 0.2) is 5.82 Å². The quantitative estimate of drug-likeness (QED) is 0.464. The van der Waals surface area contributed by atoms with Gasteiger partial charge in [-0.2, -0.15) is 0 Å². The topological polar surface area (TPSA) is 55.6 Å². The van der Waals surface area contributed by atoms with Gasteiger partial charge in [0, 0.05) is 15.7 Å². The molecule has 3 rings (SSSR count). The molecule has 1 atom stereocenters. The van der Waals surface area contributed by atoms with Crippen LogP contribution in [0.4, 0.5) is 5.69 Å². The number of nitrogens with zero attached hydrogens (tertiary/aromatic N) is 4. The summed E-state index contributed by atoms with van der Waals surface area (Å²) in [6.45, 7) is 10.6. The predicted molar refractivity (Wildman–Crippen MR) is 125 cm³/mol. The smallest absolute Gasteiger partial charge is 0.176 e. The second kappa shape index (κ2) is 8.78. The Balaban J connectivity index is 1.97. The van der Waals surface area contributed by atoms with Crippen molar-refractivity contribution in [2.75, 3.05) is 5.32 Å². The molecule has 0 aliphatic carbocycles. The van der Waals surface area contributed by atoms with Crippen molar-refractivity contribution >= 4 is 35.0 Å². The number of tetrazole rings is 1. The van der Waals surface area contributed by atoms with Crippen LogP contribution in [0.3, 0.4) is 0 Å². The molecule has 0 bridgehead atoms. The van der Waals surface area contributed by atoms with Gasteiger partial charge in [0.25, 0.3) is 0 Å². The molecule has 3 aromatic rings. The molecule has 0 aliphatic heterocycles. The monoisotopic (exact) mass is 443 g/mol. The van der Waals surface area contributed by atoms with Gasteiger partial charge in [0.05, 0.1) is 11.6 Å². The van der Waals surface area contributed by atoms with Gasteiger partial charge in [-0.3, -0.25) is 0 Å². The molecule has 0 spiro atoms. The van der Waals surface area contributed by atoms with Gasteiger partial charge < -0.3 is 5.32 Å². The van der Waals surface area contributed by atoms with Crippen molar-refractivity contribution in [3.8, 4) is 0 Å². The highest BCUT2D eigenvalue weighted by atomic mass is 35.5. The lowest BCUT2D eigenvalue weighted by atomic mass is 9.85. The van der Waals surface area contributed by atoms with Gasteiger partial charge in [-0.1, -0.05) is 80.4 Å². The Morgan fingerprint density at radius 1 is 1.00 bits per heavy atom. The van der Waals surface area contributed by atoms with Crippen LogP contribution in [-0.4, -0.2) is 20.2 Å². The molecule has 158 valence electrons. The summed E-state index contributed by atoms with van der Waals surface area (Å²) in [6.07, 6.45) is 4.09. The van der Waals surface area contributed by atoms with Crippen LogP contribution in [0.1, 0.15) is 52.0 Å². The number of rotatable bonds is 6. The Hall–Kier alpha value is -2.37. The van der Waals surface area contributed by atoms with E-state index in [9.17, 15) is 0 Å². The van der Waals surface area contributed by atoms with E-state index in [2.05, 4.69) is 61.5 Å². The van der Waals surface area contributed by atoms with Gasteiger partial charge in [0.2, 0.25) is 0 Å². The predicted octanol–water partition coefficient (Wildman–Crippen LogP) is 6.63. The molecular formula is C23H27Cl2N5. The number of nitrogens with one attached hydrogen (secondary N) is 1. The Morgan fingerprint density at radius 2 is 1.70 bits per heavy atom. The Kier molecular flexibility index (Phi) is 6.53. The van der Waals surface area contributed by atoms with E-state index < -0.39 is 5.54 Å². The number of anilines is 1. The van der Waals surface area contributed by atoms with Crippen LogP contribution in [0.2, 0.25) is 10.0 Å². The largest absolute Gasteiger partial charge is 0.373 e. The number of hydrogen-bond donors (Lipinski definition) is 1. The van der Waals surface area contributed by atoms with Gasteiger partial charge >= 0.3 is 0 Å². The average molecular weight is 444 g/mol. The van der Waals surface area contributed by atoms with Gasteiger partial charge in [-0.05, 0) is 59.5 Å².